The molecular weight excluding hydrogens is 234 g/mol. The Hall–Kier alpha value is -1.77. The number of benzene rings is 1. The van der Waals surface area contributed by atoms with E-state index in [9.17, 15) is 0 Å². The average molecular weight is 257 g/mol. The van der Waals surface area contributed by atoms with E-state index >= 15 is 0 Å². The molecule has 0 aliphatic heterocycles. The van der Waals surface area contributed by atoms with E-state index < -0.39 is 0 Å². The van der Waals surface area contributed by atoms with Crippen LogP contribution in [0.1, 0.15) is 31.9 Å². The average Bonchev–Trinajstić information content (AvgIpc) is 2.67. The maximum absolute atomic E-state index is 4.56. The molecule has 0 aliphatic carbocycles. The third-order valence-electron chi connectivity index (χ3n) is 3.52. The standard InChI is InChI=1S/C16H23N3/c1-11-7-8-13-10-19(6)18-15(13)14(11)9-17-12(2)16(3,4)5/h7-8,10,17H,2,9H2,1,3-6H3. The molecule has 19 heavy (non-hydrogen) atoms. The van der Waals surface area contributed by atoms with E-state index in [1.165, 1.54) is 16.5 Å². The Morgan fingerprint density at radius 3 is 2.68 bits per heavy atom. The van der Waals surface area contributed by atoms with Crippen molar-refractivity contribution in [3.8, 4) is 0 Å². The number of hydrogen-bond acceptors (Lipinski definition) is 2. The molecule has 0 spiro atoms. The van der Waals surface area contributed by atoms with E-state index in [0.29, 0.717) is 0 Å². The van der Waals surface area contributed by atoms with Crippen LogP contribution >= 0.6 is 0 Å². The Morgan fingerprint density at radius 2 is 2.05 bits per heavy atom. The van der Waals surface area contributed by atoms with Gasteiger partial charge in [-0.05, 0) is 12.5 Å². The molecule has 0 saturated carbocycles. The number of nitrogens with one attached hydrogen (secondary N) is 1. The Bertz CT molecular complexity index is 615. The van der Waals surface area contributed by atoms with Gasteiger partial charge in [0.25, 0.3) is 0 Å². The Morgan fingerprint density at radius 1 is 1.37 bits per heavy atom. The molecule has 2 aromatic rings. The smallest absolute Gasteiger partial charge is 0.0975 e. The van der Waals surface area contributed by atoms with Gasteiger partial charge < -0.3 is 5.32 Å². The van der Waals surface area contributed by atoms with Gasteiger partial charge in [-0.3, -0.25) is 4.68 Å². The Labute approximate surface area is 115 Å². The van der Waals surface area contributed by atoms with Gasteiger partial charge in [-0.25, -0.2) is 0 Å². The van der Waals surface area contributed by atoms with Crippen molar-refractivity contribution in [3.05, 3.63) is 41.7 Å². The highest BCUT2D eigenvalue weighted by Gasteiger charge is 2.15. The van der Waals surface area contributed by atoms with Crippen molar-refractivity contribution in [1.82, 2.24) is 15.1 Å². The summed E-state index contributed by atoms with van der Waals surface area (Å²) >= 11 is 0. The third-order valence-corrected chi connectivity index (χ3v) is 3.52. The van der Waals surface area contributed by atoms with Crippen molar-refractivity contribution in [3.63, 3.8) is 0 Å². The van der Waals surface area contributed by atoms with Crippen LogP contribution in [0.15, 0.2) is 30.6 Å². The van der Waals surface area contributed by atoms with Crippen LogP contribution in [0.2, 0.25) is 0 Å². The zero-order valence-corrected chi connectivity index (χ0v) is 12.5. The topological polar surface area (TPSA) is 29.9 Å². The first-order valence-electron chi connectivity index (χ1n) is 6.64. The lowest BCUT2D eigenvalue weighted by atomic mass is 9.92. The van der Waals surface area contributed by atoms with Crippen LogP contribution in [-0.2, 0) is 13.6 Å². The van der Waals surface area contributed by atoms with Gasteiger partial charge in [-0.15, -0.1) is 0 Å². The molecule has 0 aliphatic rings. The van der Waals surface area contributed by atoms with Crippen molar-refractivity contribution in [2.75, 3.05) is 0 Å². The van der Waals surface area contributed by atoms with Crippen LogP contribution in [0.4, 0.5) is 0 Å². The number of rotatable bonds is 3. The summed E-state index contributed by atoms with van der Waals surface area (Å²) in [4.78, 5) is 0. The van der Waals surface area contributed by atoms with Crippen LogP contribution in [0.3, 0.4) is 0 Å². The zero-order chi connectivity index (χ0) is 14.2. The maximum Gasteiger partial charge on any atom is 0.0975 e. The molecule has 102 valence electrons. The Balaban J connectivity index is 2.30. The molecule has 0 radical (unpaired) electrons. The minimum atomic E-state index is 0.0753. The lowest BCUT2D eigenvalue weighted by Crippen LogP contribution is -2.23. The number of nitrogens with zero attached hydrogens (tertiary/aromatic N) is 2. The van der Waals surface area contributed by atoms with Gasteiger partial charge in [0.15, 0.2) is 0 Å². The normalized spacial score (nSPS) is 11.8. The van der Waals surface area contributed by atoms with Gasteiger partial charge in [-0.2, -0.15) is 5.10 Å². The second-order valence-corrected chi connectivity index (χ2v) is 6.18. The van der Waals surface area contributed by atoms with Crippen molar-refractivity contribution in [2.45, 2.75) is 34.2 Å². The van der Waals surface area contributed by atoms with E-state index in [4.69, 9.17) is 0 Å². The monoisotopic (exact) mass is 257 g/mol. The lowest BCUT2D eigenvalue weighted by Gasteiger charge is -2.23. The van der Waals surface area contributed by atoms with Crippen LogP contribution in [0.5, 0.6) is 0 Å². The van der Waals surface area contributed by atoms with Crippen LogP contribution in [-0.4, -0.2) is 9.78 Å². The predicted octanol–water partition coefficient (Wildman–Crippen LogP) is 3.53. The third kappa shape index (κ3) is 2.80. The molecule has 0 fully saturated rings. The molecule has 3 nitrogen and oxygen atoms in total. The van der Waals surface area contributed by atoms with Gasteiger partial charge in [0.05, 0.1) is 5.52 Å². The first kappa shape index (κ1) is 13.7. The van der Waals surface area contributed by atoms with E-state index in [1.807, 2.05) is 11.7 Å². The molecule has 0 bridgehead atoms. The van der Waals surface area contributed by atoms with Gasteiger partial charge in [0.1, 0.15) is 0 Å². The van der Waals surface area contributed by atoms with E-state index in [-0.39, 0.29) is 5.41 Å². The van der Waals surface area contributed by atoms with E-state index in [2.05, 4.69) is 63.0 Å². The Kier molecular flexibility index (Phi) is 3.40. The van der Waals surface area contributed by atoms with Crippen molar-refractivity contribution < 1.29 is 0 Å². The fourth-order valence-electron chi connectivity index (χ4n) is 2.05. The summed E-state index contributed by atoms with van der Waals surface area (Å²) in [5.74, 6) is 0. The number of allylic oxidation sites excluding steroid dienone is 1. The summed E-state index contributed by atoms with van der Waals surface area (Å²) in [7, 11) is 1.96. The van der Waals surface area contributed by atoms with Gasteiger partial charge in [0, 0.05) is 41.9 Å². The molecule has 2 rings (SSSR count). The zero-order valence-electron chi connectivity index (χ0n) is 12.5. The highest BCUT2D eigenvalue weighted by Crippen LogP contribution is 2.24. The quantitative estimate of drug-likeness (QED) is 0.911. The second-order valence-electron chi connectivity index (χ2n) is 6.18. The SMILES string of the molecule is C=C(NCc1c(C)ccc2cn(C)nc12)C(C)(C)C. The fraction of sp³-hybridized carbons (Fsp3) is 0.438. The summed E-state index contributed by atoms with van der Waals surface area (Å²) in [6.45, 7) is 13.5. The minimum absolute atomic E-state index is 0.0753. The molecule has 1 aromatic heterocycles. The molecule has 0 unspecified atom stereocenters. The molecule has 0 amide bonds. The van der Waals surface area contributed by atoms with E-state index in [0.717, 1.165) is 17.8 Å². The van der Waals surface area contributed by atoms with Gasteiger partial charge in [-0.1, -0.05) is 39.5 Å². The van der Waals surface area contributed by atoms with E-state index in [1.54, 1.807) is 0 Å². The number of hydrogen-bond donors (Lipinski definition) is 1. The van der Waals surface area contributed by atoms with Gasteiger partial charge >= 0.3 is 0 Å². The molecular formula is C16H23N3. The van der Waals surface area contributed by atoms with Crippen LogP contribution in [0.25, 0.3) is 10.9 Å². The molecule has 0 saturated heterocycles. The van der Waals surface area contributed by atoms with Crippen molar-refractivity contribution >= 4 is 10.9 Å². The molecule has 3 heteroatoms. The largest absolute Gasteiger partial charge is 0.384 e. The summed E-state index contributed by atoms with van der Waals surface area (Å²) in [6, 6.07) is 4.28. The number of aromatic nitrogens is 2. The highest BCUT2D eigenvalue weighted by atomic mass is 15.2. The maximum atomic E-state index is 4.56. The molecule has 1 aromatic carbocycles. The summed E-state index contributed by atoms with van der Waals surface area (Å²) in [5.41, 5.74) is 4.73. The predicted molar refractivity (Wildman–Crippen MR) is 80.9 cm³/mol. The van der Waals surface area contributed by atoms with Crippen molar-refractivity contribution in [2.24, 2.45) is 12.5 Å². The van der Waals surface area contributed by atoms with Crippen LogP contribution in [0, 0.1) is 12.3 Å². The minimum Gasteiger partial charge on any atom is -0.384 e. The van der Waals surface area contributed by atoms with Gasteiger partial charge in [0.2, 0.25) is 0 Å². The van der Waals surface area contributed by atoms with Crippen LogP contribution < -0.4 is 5.32 Å². The second kappa shape index (κ2) is 4.72. The lowest BCUT2D eigenvalue weighted by molar-refractivity contribution is 0.461. The number of fused-ring (bicyclic) bond motifs is 1. The molecule has 0 atom stereocenters. The summed E-state index contributed by atoms with van der Waals surface area (Å²) in [6.07, 6.45) is 2.05. The molecule has 1 heterocycles. The number of aryl methyl sites for hydroxylation is 2. The summed E-state index contributed by atoms with van der Waals surface area (Å²) in [5, 5.41) is 9.18. The first-order chi connectivity index (χ1) is 8.79. The fourth-order valence-corrected chi connectivity index (χ4v) is 2.05. The first-order valence-corrected chi connectivity index (χ1v) is 6.64. The molecule has 1 N–H and O–H groups in total. The van der Waals surface area contributed by atoms with Crippen molar-refractivity contribution in [1.29, 1.82) is 0 Å². The highest BCUT2D eigenvalue weighted by molar-refractivity contribution is 5.82. The summed E-state index contributed by atoms with van der Waals surface area (Å²) < 4.78 is 1.87.